The zero-order chi connectivity index (χ0) is 10.8. The predicted octanol–water partition coefficient (Wildman–Crippen LogP) is 3.26. The molecule has 15 heavy (non-hydrogen) atoms. The summed E-state index contributed by atoms with van der Waals surface area (Å²) >= 11 is 5.10. The smallest absolute Gasteiger partial charge is 0.114 e. The Hall–Kier alpha value is -0.710. The normalized spacial score (nSPS) is 12.7. The molecule has 1 atom stereocenters. The molecule has 0 amide bonds. The second-order valence-corrected chi connectivity index (χ2v) is 5.07. The summed E-state index contributed by atoms with van der Waals surface area (Å²) in [5, 5.41) is 2.98. The zero-order valence-corrected chi connectivity index (χ0v) is 10.7. The van der Waals surface area contributed by atoms with Crippen LogP contribution in [-0.2, 0) is 0 Å². The lowest BCUT2D eigenvalue weighted by Gasteiger charge is -2.10. The highest BCUT2D eigenvalue weighted by molar-refractivity contribution is 9.10. The molecule has 0 fully saturated rings. The summed E-state index contributed by atoms with van der Waals surface area (Å²) in [6.45, 7) is 1.98. The summed E-state index contributed by atoms with van der Waals surface area (Å²) in [5.41, 5.74) is 8.25. The molecule has 0 spiro atoms. The van der Waals surface area contributed by atoms with Crippen molar-refractivity contribution in [3.8, 4) is 0 Å². The number of nitrogens with two attached hydrogens (primary N) is 1. The third kappa shape index (κ3) is 2.27. The number of hydrogen-bond donors (Lipinski definition) is 1. The van der Waals surface area contributed by atoms with Gasteiger partial charge in [0.25, 0.3) is 0 Å². The lowest BCUT2D eigenvalue weighted by atomic mass is 10.1. The van der Waals surface area contributed by atoms with Gasteiger partial charge >= 0.3 is 0 Å². The summed E-state index contributed by atoms with van der Waals surface area (Å²) < 4.78 is 1.03. The highest BCUT2D eigenvalue weighted by Gasteiger charge is 2.14. The maximum atomic E-state index is 6.15. The number of halogens is 1. The molecule has 2 nitrogen and oxygen atoms in total. The molecule has 0 aliphatic heterocycles. The molecule has 0 bridgehead atoms. The van der Waals surface area contributed by atoms with Crippen LogP contribution in [0.15, 0.2) is 34.1 Å². The van der Waals surface area contributed by atoms with E-state index >= 15 is 0 Å². The van der Waals surface area contributed by atoms with E-state index in [2.05, 4.69) is 20.9 Å². The van der Waals surface area contributed by atoms with Gasteiger partial charge in [-0.15, -0.1) is 11.3 Å². The Balaban J connectivity index is 2.36. The summed E-state index contributed by atoms with van der Waals surface area (Å²) in [5.74, 6) is 0. The molecular weight excluding hydrogens is 272 g/mol. The van der Waals surface area contributed by atoms with Gasteiger partial charge in [0.1, 0.15) is 5.01 Å². The van der Waals surface area contributed by atoms with Crippen molar-refractivity contribution in [3.63, 3.8) is 0 Å². The van der Waals surface area contributed by atoms with E-state index in [1.54, 1.807) is 11.3 Å². The van der Waals surface area contributed by atoms with Crippen molar-refractivity contribution >= 4 is 27.3 Å². The van der Waals surface area contributed by atoms with Crippen LogP contribution in [-0.4, -0.2) is 4.98 Å². The van der Waals surface area contributed by atoms with Crippen molar-refractivity contribution < 1.29 is 0 Å². The van der Waals surface area contributed by atoms with E-state index in [1.165, 1.54) is 0 Å². The fraction of sp³-hybridized carbons (Fsp3) is 0.182. The van der Waals surface area contributed by atoms with Crippen molar-refractivity contribution in [2.45, 2.75) is 13.0 Å². The van der Waals surface area contributed by atoms with Gasteiger partial charge in [0.2, 0.25) is 0 Å². The standard InChI is InChI=1S/C11H11BrN2S/c1-7-6-15-11(14-7)10(13)8-4-2-3-5-9(8)12/h2-6,10H,13H2,1H3. The molecule has 1 aromatic carbocycles. The summed E-state index contributed by atoms with van der Waals surface area (Å²) in [6.07, 6.45) is 0. The number of aromatic nitrogens is 1. The van der Waals surface area contributed by atoms with Gasteiger partial charge in [-0.1, -0.05) is 34.1 Å². The Labute approximate surface area is 101 Å². The summed E-state index contributed by atoms with van der Waals surface area (Å²) in [6, 6.07) is 7.84. The molecule has 78 valence electrons. The van der Waals surface area contributed by atoms with Crippen LogP contribution < -0.4 is 5.73 Å². The molecule has 1 unspecified atom stereocenters. The van der Waals surface area contributed by atoms with Gasteiger partial charge in [-0.2, -0.15) is 0 Å². The second kappa shape index (κ2) is 4.43. The van der Waals surface area contributed by atoms with Crippen molar-refractivity contribution in [3.05, 3.63) is 50.4 Å². The molecule has 1 aromatic heterocycles. The number of thiazole rings is 1. The third-order valence-electron chi connectivity index (χ3n) is 2.14. The van der Waals surface area contributed by atoms with Gasteiger partial charge in [-0.25, -0.2) is 4.98 Å². The first-order valence-electron chi connectivity index (χ1n) is 4.60. The first kappa shape index (κ1) is 10.8. The minimum absolute atomic E-state index is 0.140. The average Bonchev–Trinajstić information content (AvgIpc) is 2.65. The van der Waals surface area contributed by atoms with E-state index in [9.17, 15) is 0 Å². The summed E-state index contributed by atoms with van der Waals surface area (Å²) in [4.78, 5) is 4.40. The Morgan fingerprint density at radius 2 is 2.13 bits per heavy atom. The Kier molecular flexibility index (Phi) is 3.19. The Morgan fingerprint density at radius 1 is 1.40 bits per heavy atom. The minimum atomic E-state index is -0.140. The zero-order valence-electron chi connectivity index (χ0n) is 8.27. The monoisotopic (exact) mass is 282 g/mol. The molecule has 2 rings (SSSR count). The Bertz CT molecular complexity index is 467. The molecule has 0 radical (unpaired) electrons. The lowest BCUT2D eigenvalue weighted by molar-refractivity contribution is 0.847. The quantitative estimate of drug-likeness (QED) is 0.918. The van der Waals surface area contributed by atoms with Crippen LogP contribution in [0.3, 0.4) is 0 Å². The van der Waals surface area contributed by atoms with Gasteiger partial charge in [0.15, 0.2) is 0 Å². The van der Waals surface area contributed by atoms with E-state index in [0.717, 1.165) is 20.7 Å². The predicted molar refractivity (Wildman–Crippen MR) is 67.0 cm³/mol. The van der Waals surface area contributed by atoms with Gasteiger partial charge < -0.3 is 5.73 Å². The van der Waals surface area contributed by atoms with Gasteiger partial charge in [-0.05, 0) is 18.6 Å². The number of rotatable bonds is 2. The average molecular weight is 283 g/mol. The van der Waals surface area contributed by atoms with E-state index in [0.29, 0.717) is 0 Å². The van der Waals surface area contributed by atoms with Crippen molar-refractivity contribution in [2.24, 2.45) is 5.73 Å². The van der Waals surface area contributed by atoms with Crippen molar-refractivity contribution in [2.75, 3.05) is 0 Å². The largest absolute Gasteiger partial charge is 0.318 e. The molecule has 1 heterocycles. The van der Waals surface area contributed by atoms with E-state index in [4.69, 9.17) is 5.73 Å². The van der Waals surface area contributed by atoms with Gasteiger partial charge in [-0.3, -0.25) is 0 Å². The van der Waals surface area contributed by atoms with Crippen molar-refractivity contribution in [1.29, 1.82) is 0 Å². The molecule has 0 saturated heterocycles. The van der Waals surface area contributed by atoms with Gasteiger partial charge in [0.05, 0.1) is 6.04 Å². The molecule has 0 aliphatic rings. The number of aryl methyl sites for hydroxylation is 1. The highest BCUT2D eigenvalue weighted by atomic mass is 79.9. The number of hydrogen-bond acceptors (Lipinski definition) is 3. The van der Waals surface area contributed by atoms with Crippen LogP contribution in [0.2, 0.25) is 0 Å². The molecular formula is C11H11BrN2S. The lowest BCUT2D eigenvalue weighted by Crippen LogP contribution is -2.12. The van der Waals surface area contributed by atoms with Crippen molar-refractivity contribution in [1.82, 2.24) is 4.98 Å². The van der Waals surface area contributed by atoms with Crippen LogP contribution in [0, 0.1) is 6.92 Å². The molecule has 2 aromatic rings. The maximum absolute atomic E-state index is 6.15. The van der Waals surface area contributed by atoms with E-state index < -0.39 is 0 Å². The molecule has 4 heteroatoms. The van der Waals surface area contributed by atoms with Crippen LogP contribution in [0.25, 0.3) is 0 Å². The fourth-order valence-electron chi connectivity index (χ4n) is 1.38. The molecule has 0 saturated carbocycles. The maximum Gasteiger partial charge on any atom is 0.114 e. The van der Waals surface area contributed by atoms with Crippen LogP contribution >= 0.6 is 27.3 Å². The molecule has 2 N–H and O–H groups in total. The minimum Gasteiger partial charge on any atom is -0.318 e. The van der Waals surface area contributed by atoms with Crippen LogP contribution in [0.4, 0.5) is 0 Å². The molecule has 0 aliphatic carbocycles. The van der Waals surface area contributed by atoms with Gasteiger partial charge in [0, 0.05) is 15.5 Å². The first-order chi connectivity index (χ1) is 7.18. The Morgan fingerprint density at radius 3 is 2.73 bits per heavy atom. The van der Waals surface area contributed by atoms with E-state index in [1.807, 2.05) is 36.6 Å². The third-order valence-corrected chi connectivity index (χ3v) is 3.91. The topological polar surface area (TPSA) is 38.9 Å². The number of benzene rings is 1. The van der Waals surface area contributed by atoms with E-state index in [-0.39, 0.29) is 6.04 Å². The second-order valence-electron chi connectivity index (χ2n) is 3.33. The number of nitrogens with zero attached hydrogens (tertiary/aromatic N) is 1. The highest BCUT2D eigenvalue weighted by Crippen LogP contribution is 2.28. The summed E-state index contributed by atoms with van der Waals surface area (Å²) in [7, 11) is 0. The van der Waals surface area contributed by atoms with Crippen LogP contribution in [0.5, 0.6) is 0 Å². The SMILES string of the molecule is Cc1csc(C(N)c2ccccc2Br)n1. The van der Waals surface area contributed by atoms with Crippen LogP contribution in [0.1, 0.15) is 22.3 Å². The fourth-order valence-corrected chi connectivity index (χ4v) is 2.72. The first-order valence-corrected chi connectivity index (χ1v) is 6.28.